The summed E-state index contributed by atoms with van der Waals surface area (Å²) in [6.45, 7) is 9.26. The van der Waals surface area contributed by atoms with Gasteiger partial charge in [-0.15, -0.1) is 0 Å². The SMILES string of the molecule is COC(=O)COCCOCCOCCOCCOCCOCCOCCOCCOCCOCCOCCCCCC(=O)Nc1cccc2c1C(=O)N(C1CCC(=O)NC1=O)C2=O. The summed E-state index contributed by atoms with van der Waals surface area (Å²) in [5, 5.41) is 4.90. The first-order valence-corrected chi connectivity index (χ1v) is 21.4. The number of amides is 5. The standard InChI is InChI=1S/C42H65N3O18/c1-52-38(48)32-63-31-30-62-29-28-61-27-26-60-25-24-59-23-22-58-21-20-57-19-18-56-17-16-55-15-14-54-13-12-53-11-4-2-3-8-36(46)43-34-7-5-6-33-39(34)42(51)45(41(33)50)35-9-10-37(47)44-40(35)49/h5-7,35H,2-4,8-32H2,1H3,(H,43,46)(H,44,47,49). The van der Waals surface area contributed by atoms with Gasteiger partial charge in [-0.25, -0.2) is 4.79 Å². The Balaban J connectivity index is 0.985. The summed E-state index contributed by atoms with van der Waals surface area (Å²) >= 11 is 0. The summed E-state index contributed by atoms with van der Waals surface area (Å²) < 4.78 is 64.3. The van der Waals surface area contributed by atoms with Crippen LogP contribution in [-0.2, 0) is 76.0 Å². The molecule has 1 saturated heterocycles. The second-order valence-electron chi connectivity index (χ2n) is 13.8. The maximum absolute atomic E-state index is 13.2. The normalized spacial score (nSPS) is 14.9. The van der Waals surface area contributed by atoms with Crippen molar-refractivity contribution in [3.8, 4) is 0 Å². The van der Waals surface area contributed by atoms with Crippen molar-refractivity contribution < 1.29 is 85.6 Å². The molecule has 1 fully saturated rings. The Morgan fingerprint density at radius 3 is 1.48 bits per heavy atom. The first kappa shape index (κ1) is 53.3. The molecule has 3 rings (SSSR count). The van der Waals surface area contributed by atoms with E-state index < -0.39 is 35.6 Å². The Labute approximate surface area is 368 Å². The molecule has 0 aromatic heterocycles. The number of imide groups is 2. The molecule has 0 bridgehead atoms. The zero-order chi connectivity index (χ0) is 45.2. The van der Waals surface area contributed by atoms with E-state index in [4.69, 9.17) is 52.1 Å². The number of hydrogen-bond acceptors (Lipinski definition) is 18. The molecular formula is C42H65N3O18. The predicted molar refractivity (Wildman–Crippen MR) is 221 cm³/mol. The number of esters is 1. The molecule has 21 nitrogen and oxygen atoms in total. The lowest BCUT2D eigenvalue weighted by Gasteiger charge is -2.27. The van der Waals surface area contributed by atoms with Crippen LogP contribution >= 0.6 is 0 Å². The van der Waals surface area contributed by atoms with Gasteiger partial charge < -0.3 is 62.2 Å². The lowest BCUT2D eigenvalue weighted by Crippen LogP contribution is -2.54. The van der Waals surface area contributed by atoms with E-state index in [1.807, 2.05) is 0 Å². The second-order valence-corrected chi connectivity index (χ2v) is 13.8. The number of hydrogen-bond donors (Lipinski definition) is 2. The van der Waals surface area contributed by atoms with E-state index in [1.54, 1.807) is 12.1 Å². The molecule has 0 spiro atoms. The Morgan fingerprint density at radius 2 is 1.03 bits per heavy atom. The molecule has 356 valence electrons. The summed E-state index contributed by atoms with van der Waals surface area (Å²) in [5.41, 5.74) is 0.369. The van der Waals surface area contributed by atoms with Gasteiger partial charge in [-0.2, -0.15) is 0 Å². The summed E-state index contributed by atoms with van der Waals surface area (Å²) in [6, 6.07) is 3.52. The van der Waals surface area contributed by atoms with Gasteiger partial charge in [0, 0.05) is 19.4 Å². The molecular weight excluding hydrogens is 834 g/mol. The monoisotopic (exact) mass is 899 g/mol. The highest BCUT2D eigenvalue weighted by atomic mass is 16.6. The third-order valence-electron chi connectivity index (χ3n) is 9.10. The van der Waals surface area contributed by atoms with Gasteiger partial charge in [0.2, 0.25) is 17.7 Å². The molecule has 1 aromatic rings. The highest BCUT2D eigenvalue weighted by Gasteiger charge is 2.45. The van der Waals surface area contributed by atoms with Crippen molar-refractivity contribution in [2.75, 3.05) is 158 Å². The maximum Gasteiger partial charge on any atom is 0.331 e. The quantitative estimate of drug-likeness (QED) is 0.0529. The number of unbranched alkanes of at least 4 members (excludes halogenated alkanes) is 2. The van der Waals surface area contributed by atoms with Gasteiger partial charge in [0.15, 0.2) is 0 Å². The summed E-state index contributed by atoms with van der Waals surface area (Å²) in [4.78, 5) is 74.5. The highest BCUT2D eigenvalue weighted by molar-refractivity contribution is 6.26. The lowest BCUT2D eigenvalue weighted by molar-refractivity contribution is -0.146. The molecule has 2 aliphatic heterocycles. The first-order valence-electron chi connectivity index (χ1n) is 21.4. The second kappa shape index (κ2) is 34.4. The number of ether oxygens (including phenoxy) is 12. The number of fused-ring (bicyclic) bond motifs is 1. The highest BCUT2D eigenvalue weighted by Crippen LogP contribution is 2.32. The minimum atomic E-state index is -1.08. The average molecular weight is 900 g/mol. The number of benzene rings is 1. The smallest absolute Gasteiger partial charge is 0.331 e. The Morgan fingerprint density at radius 1 is 0.587 bits per heavy atom. The molecule has 1 atom stereocenters. The Kier molecular flexibility index (Phi) is 29.1. The average Bonchev–Trinajstić information content (AvgIpc) is 3.53. The van der Waals surface area contributed by atoms with Gasteiger partial charge in [-0.3, -0.25) is 34.2 Å². The maximum atomic E-state index is 13.2. The molecule has 2 heterocycles. The van der Waals surface area contributed by atoms with Gasteiger partial charge in [-0.05, 0) is 31.4 Å². The van der Waals surface area contributed by atoms with E-state index in [0.717, 1.165) is 17.7 Å². The Hall–Kier alpha value is -4.00. The number of anilines is 1. The lowest BCUT2D eigenvalue weighted by atomic mass is 10.0. The minimum Gasteiger partial charge on any atom is -0.467 e. The van der Waals surface area contributed by atoms with Gasteiger partial charge in [0.25, 0.3) is 11.8 Å². The van der Waals surface area contributed by atoms with E-state index in [-0.39, 0.29) is 48.6 Å². The number of piperidine rings is 1. The topological polar surface area (TPSA) is 240 Å². The third-order valence-corrected chi connectivity index (χ3v) is 9.10. The zero-order valence-electron chi connectivity index (χ0n) is 36.4. The molecule has 63 heavy (non-hydrogen) atoms. The predicted octanol–water partition coefficient (Wildman–Crippen LogP) is 0.942. The molecule has 2 N–H and O–H groups in total. The van der Waals surface area contributed by atoms with Crippen molar-refractivity contribution in [2.24, 2.45) is 0 Å². The van der Waals surface area contributed by atoms with Crippen LogP contribution in [0.2, 0.25) is 0 Å². The molecule has 1 aromatic carbocycles. The number of carbonyl (C=O) groups excluding carboxylic acids is 6. The fraction of sp³-hybridized carbons (Fsp3) is 0.714. The van der Waals surface area contributed by atoms with Gasteiger partial charge in [0.1, 0.15) is 12.6 Å². The van der Waals surface area contributed by atoms with Crippen LogP contribution in [0.3, 0.4) is 0 Å². The van der Waals surface area contributed by atoms with Crippen LogP contribution in [0.1, 0.15) is 59.2 Å². The van der Waals surface area contributed by atoms with Crippen LogP contribution in [0, 0.1) is 0 Å². The van der Waals surface area contributed by atoms with Crippen LogP contribution in [0.4, 0.5) is 5.69 Å². The number of nitrogens with zero attached hydrogens (tertiary/aromatic N) is 1. The van der Waals surface area contributed by atoms with Crippen LogP contribution in [0.25, 0.3) is 0 Å². The van der Waals surface area contributed by atoms with Crippen molar-refractivity contribution in [3.05, 3.63) is 29.3 Å². The Bertz CT molecular complexity index is 1500. The summed E-state index contributed by atoms with van der Waals surface area (Å²) in [7, 11) is 1.31. The largest absolute Gasteiger partial charge is 0.467 e. The molecule has 1 unspecified atom stereocenters. The summed E-state index contributed by atoms with van der Waals surface area (Å²) in [6.07, 6.45) is 2.42. The minimum absolute atomic E-state index is 0.0245. The van der Waals surface area contributed by atoms with Gasteiger partial charge >= 0.3 is 5.97 Å². The number of methoxy groups -OCH3 is 1. The number of nitrogens with one attached hydrogen (secondary N) is 2. The number of carbonyl (C=O) groups is 6. The fourth-order valence-corrected chi connectivity index (χ4v) is 5.91. The van der Waals surface area contributed by atoms with Crippen LogP contribution in [-0.4, -0.2) is 199 Å². The first-order chi connectivity index (χ1) is 30.8. The van der Waals surface area contributed by atoms with E-state index in [9.17, 15) is 28.8 Å². The fourth-order valence-electron chi connectivity index (χ4n) is 5.91. The van der Waals surface area contributed by atoms with Crippen LogP contribution in [0.5, 0.6) is 0 Å². The van der Waals surface area contributed by atoms with E-state index in [2.05, 4.69) is 15.4 Å². The zero-order valence-corrected chi connectivity index (χ0v) is 36.4. The summed E-state index contributed by atoms with van der Waals surface area (Å²) in [5.74, 6) is -3.16. The molecule has 0 saturated carbocycles. The van der Waals surface area contributed by atoms with Gasteiger partial charge in [0.05, 0.1) is 156 Å². The number of rotatable bonds is 40. The van der Waals surface area contributed by atoms with Crippen molar-refractivity contribution in [1.29, 1.82) is 0 Å². The molecule has 21 heteroatoms. The van der Waals surface area contributed by atoms with E-state index >= 15 is 0 Å². The van der Waals surface area contributed by atoms with Crippen molar-refractivity contribution >= 4 is 41.2 Å². The molecule has 5 amide bonds. The van der Waals surface area contributed by atoms with Gasteiger partial charge in [-0.1, -0.05) is 12.5 Å². The van der Waals surface area contributed by atoms with E-state index in [0.29, 0.717) is 145 Å². The van der Waals surface area contributed by atoms with E-state index in [1.165, 1.54) is 13.2 Å². The third kappa shape index (κ3) is 23.0. The van der Waals surface area contributed by atoms with Crippen LogP contribution < -0.4 is 10.6 Å². The molecule has 2 aliphatic rings. The van der Waals surface area contributed by atoms with Crippen molar-refractivity contribution in [2.45, 2.75) is 44.6 Å². The molecule has 0 aliphatic carbocycles. The van der Waals surface area contributed by atoms with Crippen molar-refractivity contribution in [3.63, 3.8) is 0 Å². The van der Waals surface area contributed by atoms with Crippen LogP contribution in [0.15, 0.2) is 18.2 Å². The van der Waals surface area contributed by atoms with Crippen molar-refractivity contribution in [1.82, 2.24) is 10.2 Å². The molecule has 0 radical (unpaired) electrons.